The van der Waals surface area contributed by atoms with Crippen LogP contribution in [0.4, 0.5) is 8.78 Å². The van der Waals surface area contributed by atoms with Crippen LogP contribution in [0.1, 0.15) is 31.2 Å². The molecule has 5 heterocycles. The van der Waals surface area contributed by atoms with Gasteiger partial charge in [0.25, 0.3) is 0 Å². The first-order valence-electron chi connectivity index (χ1n) is 13.4. The number of nitrogens with one attached hydrogen (secondary N) is 3. The van der Waals surface area contributed by atoms with Gasteiger partial charge >= 0.3 is 0 Å². The molecule has 1 aromatic carbocycles. The summed E-state index contributed by atoms with van der Waals surface area (Å²) >= 11 is 0. The highest BCUT2D eigenvalue weighted by Gasteiger charge is 2.22. The predicted molar refractivity (Wildman–Crippen MR) is 149 cm³/mol. The Balaban J connectivity index is 1.24. The Kier molecular flexibility index (Phi) is 6.24. The van der Waals surface area contributed by atoms with E-state index in [1.807, 2.05) is 6.07 Å². The molecule has 0 amide bonds. The van der Waals surface area contributed by atoms with Crippen molar-refractivity contribution in [2.24, 2.45) is 5.92 Å². The molecule has 7 rings (SSSR count). The summed E-state index contributed by atoms with van der Waals surface area (Å²) in [4.78, 5) is 20.9. The van der Waals surface area contributed by atoms with Gasteiger partial charge in [0.2, 0.25) is 0 Å². The van der Waals surface area contributed by atoms with E-state index in [1.54, 1.807) is 43.1 Å². The first-order valence-corrected chi connectivity index (χ1v) is 13.4. The van der Waals surface area contributed by atoms with Gasteiger partial charge in [-0.25, -0.2) is 13.8 Å². The van der Waals surface area contributed by atoms with Crippen LogP contribution in [0.5, 0.6) is 0 Å². The van der Waals surface area contributed by atoms with Crippen LogP contribution in [0.15, 0.2) is 61.3 Å². The number of fused-ring (bicyclic) bond motifs is 2. The van der Waals surface area contributed by atoms with Crippen LogP contribution >= 0.6 is 0 Å². The Morgan fingerprint density at radius 3 is 2.65 bits per heavy atom. The van der Waals surface area contributed by atoms with Crippen LogP contribution in [-0.2, 0) is 6.54 Å². The maximum absolute atomic E-state index is 16.1. The van der Waals surface area contributed by atoms with E-state index in [1.165, 1.54) is 37.8 Å². The number of halogens is 2. The number of aromatic amines is 2. The summed E-state index contributed by atoms with van der Waals surface area (Å²) in [7, 11) is 0. The minimum Gasteiger partial charge on any atom is -0.335 e. The Morgan fingerprint density at radius 2 is 1.77 bits per heavy atom. The zero-order valence-corrected chi connectivity index (χ0v) is 21.6. The standard InChI is InChI=1S/C30H26F2N8/c31-21-7-3-6-19(9-21)22-14-35-15-24-28(22)38-30(37-24)29-25-23(39-40-29)16-36-27(26(25)32)20-8-18(12-34-13-20)11-33-10-17-4-1-2-5-17/h3,6-9,12-17,33H,1-2,4-5,10-11H2,(H,37,38)(H,39,40). The fourth-order valence-electron chi connectivity index (χ4n) is 5.61. The van der Waals surface area contributed by atoms with Gasteiger partial charge in [-0.15, -0.1) is 0 Å². The maximum atomic E-state index is 16.1. The quantitative estimate of drug-likeness (QED) is 0.225. The molecule has 0 radical (unpaired) electrons. The van der Waals surface area contributed by atoms with E-state index in [-0.39, 0.29) is 16.9 Å². The van der Waals surface area contributed by atoms with Crippen LogP contribution in [0.25, 0.3) is 55.8 Å². The second kappa shape index (κ2) is 10.2. The number of aromatic nitrogens is 7. The fourth-order valence-corrected chi connectivity index (χ4v) is 5.61. The molecule has 5 aromatic heterocycles. The molecule has 1 aliphatic carbocycles. The van der Waals surface area contributed by atoms with E-state index in [0.29, 0.717) is 51.3 Å². The van der Waals surface area contributed by atoms with Crippen LogP contribution in [-0.4, -0.2) is 41.7 Å². The van der Waals surface area contributed by atoms with Crippen molar-refractivity contribution in [3.63, 3.8) is 0 Å². The molecule has 0 saturated heterocycles. The smallest absolute Gasteiger partial charge is 0.161 e. The van der Waals surface area contributed by atoms with Gasteiger partial charge in [0.1, 0.15) is 17.2 Å². The topological polar surface area (TPSA) is 108 Å². The van der Waals surface area contributed by atoms with Crippen molar-refractivity contribution in [3.8, 4) is 33.9 Å². The lowest BCUT2D eigenvalue weighted by atomic mass is 10.1. The molecule has 200 valence electrons. The Labute approximate surface area is 228 Å². The predicted octanol–water partition coefficient (Wildman–Crippen LogP) is 6.18. The molecular formula is C30H26F2N8. The normalized spacial score (nSPS) is 14.1. The van der Waals surface area contributed by atoms with Gasteiger partial charge < -0.3 is 10.3 Å². The molecule has 3 N–H and O–H groups in total. The number of imidazole rings is 1. The Hall–Kier alpha value is -4.57. The van der Waals surface area contributed by atoms with E-state index in [0.717, 1.165) is 18.0 Å². The Bertz CT molecular complexity index is 1840. The molecule has 40 heavy (non-hydrogen) atoms. The highest BCUT2D eigenvalue weighted by atomic mass is 19.1. The average molecular weight is 537 g/mol. The molecule has 1 saturated carbocycles. The van der Waals surface area contributed by atoms with Crippen molar-refractivity contribution in [1.82, 2.24) is 40.4 Å². The summed E-state index contributed by atoms with van der Waals surface area (Å²) in [6.45, 7) is 1.65. The number of hydrogen-bond donors (Lipinski definition) is 3. The summed E-state index contributed by atoms with van der Waals surface area (Å²) in [5.41, 5.74) is 5.04. The van der Waals surface area contributed by atoms with E-state index < -0.39 is 5.82 Å². The number of hydrogen-bond acceptors (Lipinski definition) is 6. The zero-order valence-electron chi connectivity index (χ0n) is 21.6. The molecule has 1 aliphatic rings. The van der Waals surface area contributed by atoms with E-state index >= 15 is 4.39 Å². The summed E-state index contributed by atoms with van der Waals surface area (Å²) < 4.78 is 30.0. The number of pyridine rings is 3. The summed E-state index contributed by atoms with van der Waals surface area (Å²) in [5.74, 6) is 0.235. The second-order valence-electron chi connectivity index (χ2n) is 10.3. The number of rotatable bonds is 7. The van der Waals surface area contributed by atoms with Gasteiger partial charge in [0.05, 0.1) is 34.3 Å². The largest absolute Gasteiger partial charge is 0.335 e. The SMILES string of the molecule is Fc1cccc(-c2cncc3[nH]c(-c4n[nH]c5cnc(-c6cncc(CNCC7CCCC7)c6)c(F)c45)nc23)c1. The van der Waals surface area contributed by atoms with Crippen molar-refractivity contribution in [2.45, 2.75) is 32.2 Å². The third kappa shape index (κ3) is 4.50. The molecule has 0 spiro atoms. The highest BCUT2D eigenvalue weighted by Crippen LogP contribution is 2.34. The van der Waals surface area contributed by atoms with Gasteiger partial charge in [-0.2, -0.15) is 5.10 Å². The van der Waals surface area contributed by atoms with Crippen molar-refractivity contribution in [3.05, 3.63) is 78.5 Å². The van der Waals surface area contributed by atoms with Crippen molar-refractivity contribution in [2.75, 3.05) is 6.54 Å². The van der Waals surface area contributed by atoms with E-state index in [9.17, 15) is 4.39 Å². The number of nitrogens with zero attached hydrogens (tertiary/aromatic N) is 5. The molecule has 0 unspecified atom stereocenters. The number of H-pyrrole nitrogens is 2. The molecule has 0 atom stereocenters. The van der Waals surface area contributed by atoms with Gasteiger partial charge in [0, 0.05) is 36.3 Å². The first kappa shape index (κ1) is 24.5. The molecule has 0 bridgehead atoms. The van der Waals surface area contributed by atoms with Gasteiger partial charge in [-0.05, 0) is 54.6 Å². The zero-order chi connectivity index (χ0) is 27.1. The summed E-state index contributed by atoms with van der Waals surface area (Å²) in [6.07, 6.45) is 13.4. The molecule has 0 aliphatic heterocycles. The highest BCUT2D eigenvalue weighted by molar-refractivity contribution is 5.97. The van der Waals surface area contributed by atoms with Crippen LogP contribution in [0.3, 0.4) is 0 Å². The van der Waals surface area contributed by atoms with Gasteiger partial charge in [0.15, 0.2) is 11.6 Å². The third-order valence-electron chi connectivity index (χ3n) is 7.60. The monoisotopic (exact) mass is 536 g/mol. The third-order valence-corrected chi connectivity index (χ3v) is 7.60. The first-order chi connectivity index (χ1) is 19.6. The lowest BCUT2D eigenvalue weighted by molar-refractivity contribution is 0.489. The average Bonchev–Trinajstić information content (AvgIpc) is 3.73. The van der Waals surface area contributed by atoms with Crippen LogP contribution in [0.2, 0.25) is 0 Å². The van der Waals surface area contributed by atoms with Crippen molar-refractivity contribution < 1.29 is 8.78 Å². The molecule has 1 fully saturated rings. The molecule has 10 heteroatoms. The summed E-state index contributed by atoms with van der Waals surface area (Å²) in [6, 6.07) is 8.16. The molecule has 6 aromatic rings. The van der Waals surface area contributed by atoms with Crippen LogP contribution < -0.4 is 5.32 Å². The minimum atomic E-state index is -0.511. The second-order valence-corrected chi connectivity index (χ2v) is 10.3. The van der Waals surface area contributed by atoms with E-state index in [2.05, 4.69) is 35.5 Å². The number of benzene rings is 1. The van der Waals surface area contributed by atoms with Gasteiger partial charge in [-0.3, -0.25) is 20.1 Å². The molecule has 8 nitrogen and oxygen atoms in total. The summed E-state index contributed by atoms with van der Waals surface area (Å²) in [5, 5.41) is 11.0. The lowest BCUT2D eigenvalue weighted by Crippen LogP contribution is -2.20. The Morgan fingerprint density at radius 1 is 0.900 bits per heavy atom. The van der Waals surface area contributed by atoms with Gasteiger partial charge in [-0.1, -0.05) is 25.0 Å². The fraction of sp³-hybridized carbons (Fsp3) is 0.233. The maximum Gasteiger partial charge on any atom is 0.161 e. The van der Waals surface area contributed by atoms with E-state index in [4.69, 9.17) is 4.98 Å². The van der Waals surface area contributed by atoms with Crippen molar-refractivity contribution in [1.29, 1.82) is 0 Å². The molecular weight excluding hydrogens is 510 g/mol. The van der Waals surface area contributed by atoms with Crippen molar-refractivity contribution >= 4 is 21.9 Å². The minimum absolute atomic E-state index is 0.193. The van der Waals surface area contributed by atoms with Crippen LogP contribution in [0, 0.1) is 17.6 Å². The lowest BCUT2D eigenvalue weighted by Gasteiger charge is -2.11.